The van der Waals surface area contributed by atoms with Crippen molar-refractivity contribution in [1.82, 2.24) is 14.5 Å². The Morgan fingerprint density at radius 1 is 1.48 bits per heavy atom. The summed E-state index contributed by atoms with van der Waals surface area (Å²) >= 11 is 4.51. The van der Waals surface area contributed by atoms with Crippen molar-refractivity contribution >= 4 is 24.4 Å². The topological polar surface area (TPSA) is 90.5 Å². The van der Waals surface area contributed by atoms with Gasteiger partial charge in [-0.3, -0.25) is 15.0 Å². The average Bonchev–Trinajstić information content (AvgIpc) is 3.22. The van der Waals surface area contributed by atoms with Crippen LogP contribution in [0.5, 0.6) is 0 Å². The van der Waals surface area contributed by atoms with Crippen LogP contribution in [0, 0.1) is 10.1 Å². The third kappa shape index (κ3) is 3.46. The zero-order chi connectivity index (χ0) is 18.0. The number of thiol groups is 1. The second-order valence-corrected chi connectivity index (χ2v) is 6.86. The number of hydrogen-bond donors (Lipinski definition) is 1. The van der Waals surface area contributed by atoms with Gasteiger partial charge in [0.2, 0.25) is 0 Å². The molecule has 2 heterocycles. The van der Waals surface area contributed by atoms with Gasteiger partial charge in [0.15, 0.2) is 0 Å². The predicted molar refractivity (Wildman–Crippen MR) is 93.3 cm³/mol. The number of benzene rings is 1. The number of aromatic nitrogens is 2. The minimum atomic E-state index is -0.588. The largest absolute Gasteiger partial charge is 0.444 e. The van der Waals surface area contributed by atoms with Gasteiger partial charge in [0.1, 0.15) is 12.3 Å². The van der Waals surface area contributed by atoms with Crippen molar-refractivity contribution < 1.29 is 14.5 Å². The molecule has 8 nitrogen and oxygen atoms in total. The number of amides is 1. The monoisotopic (exact) mass is 362 g/mol. The maximum atomic E-state index is 12.6. The molecule has 0 aliphatic carbocycles. The predicted octanol–water partition coefficient (Wildman–Crippen LogP) is 2.80. The Kier molecular flexibility index (Phi) is 4.67. The Hall–Kier alpha value is -2.55. The van der Waals surface area contributed by atoms with Crippen molar-refractivity contribution in [3.63, 3.8) is 0 Å². The van der Waals surface area contributed by atoms with Crippen molar-refractivity contribution in [3.05, 3.63) is 58.7 Å². The summed E-state index contributed by atoms with van der Waals surface area (Å²) in [6, 6.07) is 5.93. The summed E-state index contributed by atoms with van der Waals surface area (Å²) in [6.07, 6.45) is 5.37. The Morgan fingerprint density at radius 2 is 2.20 bits per heavy atom. The summed E-state index contributed by atoms with van der Waals surface area (Å²) in [6.45, 7) is 2.46. The summed E-state index contributed by atoms with van der Waals surface area (Å²) in [5.74, 6) is 0. The third-order valence-electron chi connectivity index (χ3n) is 4.39. The van der Waals surface area contributed by atoms with Gasteiger partial charge in [0.25, 0.3) is 5.69 Å². The Labute approximate surface area is 150 Å². The maximum Gasteiger partial charge on any atom is 0.412 e. The van der Waals surface area contributed by atoms with E-state index in [0.29, 0.717) is 18.5 Å². The van der Waals surface area contributed by atoms with Crippen LogP contribution in [-0.4, -0.2) is 37.3 Å². The molecule has 0 N–H and O–H groups in total. The SMILES string of the molecule is C[C@@]1(n2ccnc2)C[C@H](S)CN1C(=O)OCc1ccc([N+](=O)[O-])cc1. The van der Waals surface area contributed by atoms with E-state index in [1.807, 2.05) is 17.7 Å². The van der Waals surface area contributed by atoms with E-state index in [1.165, 1.54) is 12.1 Å². The van der Waals surface area contributed by atoms with Crippen molar-refractivity contribution in [2.45, 2.75) is 30.9 Å². The van der Waals surface area contributed by atoms with E-state index in [9.17, 15) is 14.9 Å². The molecular formula is C16H18N4O4S. The van der Waals surface area contributed by atoms with E-state index in [2.05, 4.69) is 17.6 Å². The number of carbonyl (C=O) groups excluding carboxylic acids is 1. The van der Waals surface area contributed by atoms with E-state index in [1.54, 1.807) is 29.6 Å². The normalized spacial score (nSPS) is 22.8. The first-order valence-corrected chi connectivity index (χ1v) is 8.26. The van der Waals surface area contributed by atoms with Gasteiger partial charge in [-0.2, -0.15) is 12.6 Å². The molecule has 25 heavy (non-hydrogen) atoms. The highest BCUT2D eigenvalue weighted by Crippen LogP contribution is 2.36. The molecular weight excluding hydrogens is 344 g/mol. The summed E-state index contributed by atoms with van der Waals surface area (Å²) in [7, 11) is 0. The quantitative estimate of drug-likeness (QED) is 0.513. The molecule has 1 amide bonds. The Morgan fingerprint density at radius 3 is 2.80 bits per heavy atom. The lowest BCUT2D eigenvalue weighted by Crippen LogP contribution is -2.46. The zero-order valence-corrected chi connectivity index (χ0v) is 14.5. The molecule has 9 heteroatoms. The second-order valence-electron chi connectivity index (χ2n) is 6.13. The minimum Gasteiger partial charge on any atom is -0.444 e. The number of rotatable bonds is 4. The molecule has 1 fully saturated rings. The minimum absolute atomic E-state index is 0.000202. The molecule has 0 saturated carbocycles. The number of nitro benzene ring substituents is 1. The van der Waals surface area contributed by atoms with Crippen LogP contribution in [0.4, 0.5) is 10.5 Å². The van der Waals surface area contributed by atoms with Gasteiger partial charge in [0, 0.05) is 42.7 Å². The molecule has 132 valence electrons. The highest BCUT2D eigenvalue weighted by molar-refractivity contribution is 7.81. The first kappa shape index (κ1) is 17.3. The summed E-state index contributed by atoms with van der Waals surface area (Å²) in [4.78, 5) is 28.5. The van der Waals surface area contributed by atoms with Crippen LogP contribution >= 0.6 is 12.6 Å². The van der Waals surface area contributed by atoms with Crippen molar-refractivity contribution in [1.29, 1.82) is 0 Å². The van der Waals surface area contributed by atoms with Crippen LogP contribution in [0.15, 0.2) is 43.0 Å². The van der Waals surface area contributed by atoms with E-state index in [4.69, 9.17) is 4.74 Å². The van der Waals surface area contributed by atoms with Crippen LogP contribution in [0.25, 0.3) is 0 Å². The Balaban J connectivity index is 1.68. The van der Waals surface area contributed by atoms with Crippen LogP contribution in [0.2, 0.25) is 0 Å². The number of likely N-dealkylation sites (tertiary alicyclic amines) is 1. The van der Waals surface area contributed by atoms with E-state index in [-0.39, 0.29) is 17.5 Å². The lowest BCUT2D eigenvalue weighted by Gasteiger charge is -2.35. The number of ether oxygens (including phenoxy) is 1. The third-order valence-corrected chi connectivity index (χ3v) is 4.73. The number of non-ortho nitro benzene ring substituents is 1. The molecule has 2 aromatic rings. The van der Waals surface area contributed by atoms with Gasteiger partial charge in [-0.15, -0.1) is 0 Å². The van der Waals surface area contributed by atoms with Crippen LogP contribution in [-0.2, 0) is 17.0 Å². The zero-order valence-electron chi connectivity index (χ0n) is 13.6. The van der Waals surface area contributed by atoms with Crippen LogP contribution in [0.3, 0.4) is 0 Å². The molecule has 0 unspecified atom stereocenters. The molecule has 1 saturated heterocycles. The molecule has 0 spiro atoms. The van der Waals surface area contributed by atoms with Crippen LogP contribution < -0.4 is 0 Å². The first-order chi connectivity index (χ1) is 11.9. The first-order valence-electron chi connectivity index (χ1n) is 7.74. The molecule has 1 aliphatic rings. The highest BCUT2D eigenvalue weighted by atomic mass is 32.1. The molecule has 2 atom stereocenters. The van der Waals surface area contributed by atoms with Gasteiger partial charge in [0.05, 0.1) is 11.3 Å². The smallest absolute Gasteiger partial charge is 0.412 e. The highest BCUT2D eigenvalue weighted by Gasteiger charge is 2.45. The van der Waals surface area contributed by atoms with E-state index < -0.39 is 16.7 Å². The molecule has 3 rings (SSSR count). The standard InChI is InChI=1S/C16H18N4O4S/c1-16(18-7-6-17-11-18)8-14(25)9-19(16)15(21)24-10-12-2-4-13(5-3-12)20(22)23/h2-7,11,14,25H,8-10H2,1H3/t14-,16-/m0/s1. The summed E-state index contributed by atoms with van der Waals surface area (Å²) in [5, 5.41) is 10.7. The van der Waals surface area contributed by atoms with Gasteiger partial charge < -0.3 is 9.30 Å². The lowest BCUT2D eigenvalue weighted by atomic mass is 10.1. The average molecular weight is 362 g/mol. The van der Waals surface area contributed by atoms with Gasteiger partial charge >= 0.3 is 6.09 Å². The number of nitro groups is 1. The van der Waals surface area contributed by atoms with Gasteiger partial charge in [-0.1, -0.05) is 0 Å². The van der Waals surface area contributed by atoms with Gasteiger partial charge in [-0.25, -0.2) is 9.78 Å². The van der Waals surface area contributed by atoms with E-state index >= 15 is 0 Å². The number of nitrogens with zero attached hydrogens (tertiary/aromatic N) is 4. The second kappa shape index (κ2) is 6.75. The maximum absolute atomic E-state index is 12.6. The molecule has 0 bridgehead atoms. The van der Waals surface area contributed by atoms with Crippen molar-refractivity contribution in [2.24, 2.45) is 0 Å². The summed E-state index contributed by atoms with van der Waals surface area (Å²) in [5.41, 5.74) is 0.0975. The van der Waals surface area contributed by atoms with E-state index in [0.717, 1.165) is 0 Å². The molecule has 1 aromatic heterocycles. The fourth-order valence-electron chi connectivity index (χ4n) is 3.03. The fraction of sp³-hybridized carbons (Fsp3) is 0.375. The molecule has 0 radical (unpaired) electrons. The summed E-state index contributed by atoms with van der Waals surface area (Å²) < 4.78 is 7.28. The molecule has 1 aromatic carbocycles. The number of carbonyl (C=O) groups is 1. The van der Waals surface area contributed by atoms with Crippen molar-refractivity contribution in [3.8, 4) is 0 Å². The van der Waals surface area contributed by atoms with Crippen LogP contribution in [0.1, 0.15) is 18.9 Å². The van der Waals surface area contributed by atoms with Crippen molar-refractivity contribution in [2.75, 3.05) is 6.54 Å². The lowest BCUT2D eigenvalue weighted by molar-refractivity contribution is -0.384. The number of imidazole rings is 1. The molecule has 1 aliphatic heterocycles. The van der Waals surface area contributed by atoms with Gasteiger partial charge in [-0.05, 0) is 24.6 Å². The fourth-order valence-corrected chi connectivity index (χ4v) is 3.53. The Bertz CT molecular complexity index is 765. The number of hydrogen-bond acceptors (Lipinski definition) is 6.